The Labute approximate surface area is 125 Å². The molecule has 21 heavy (non-hydrogen) atoms. The SMILES string of the molecule is COc1cccc(N)c1C(=O)N(C)CC(=O)NCC(C)C. The molecule has 0 aromatic heterocycles. The standard InChI is InChI=1S/C15H23N3O3/c1-10(2)8-17-13(19)9-18(3)15(20)14-11(16)6-5-7-12(14)21-4/h5-7,10H,8-9,16H2,1-4H3,(H,17,19). The molecule has 0 heterocycles. The highest BCUT2D eigenvalue weighted by molar-refractivity contribution is 6.03. The van der Waals surface area contributed by atoms with Crippen LogP contribution < -0.4 is 15.8 Å². The van der Waals surface area contributed by atoms with E-state index < -0.39 is 0 Å². The molecule has 0 atom stereocenters. The van der Waals surface area contributed by atoms with Gasteiger partial charge in [0.2, 0.25) is 5.91 Å². The van der Waals surface area contributed by atoms with Crippen molar-refractivity contribution in [3.8, 4) is 5.75 Å². The van der Waals surface area contributed by atoms with Crippen molar-refractivity contribution >= 4 is 17.5 Å². The number of amides is 2. The summed E-state index contributed by atoms with van der Waals surface area (Å²) < 4.78 is 5.15. The van der Waals surface area contributed by atoms with Gasteiger partial charge in [-0.15, -0.1) is 0 Å². The Balaban J connectivity index is 2.77. The van der Waals surface area contributed by atoms with Crippen molar-refractivity contribution in [2.24, 2.45) is 5.92 Å². The maximum absolute atomic E-state index is 12.4. The van der Waals surface area contributed by atoms with Crippen LogP contribution in [0.1, 0.15) is 24.2 Å². The van der Waals surface area contributed by atoms with Crippen molar-refractivity contribution in [2.75, 3.05) is 33.0 Å². The number of nitrogens with two attached hydrogens (primary N) is 1. The molecule has 0 aliphatic carbocycles. The summed E-state index contributed by atoms with van der Waals surface area (Å²) in [4.78, 5) is 25.5. The Kier molecular flexibility index (Phi) is 6.02. The number of ether oxygens (including phenoxy) is 1. The fourth-order valence-corrected chi connectivity index (χ4v) is 1.80. The lowest BCUT2D eigenvalue weighted by Gasteiger charge is -2.19. The minimum Gasteiger partial charge on any atom is -0.496 e. The Morgan fingerprint density at radius 3 is 2.62 bits per heavy atom. The lowest BCUT2D eigenvalue weighted by Crippen LogP contribution is -2.39. The molecule has 0 radical (unpaired) electrons. The molecule has 6 heteroatoms. The summed E-state index contributed by atoms with van der Waals surface area (Å²) in [5, 5.41) is 2.77. The van der Waals surface area contributed by atoms with Crippen LogP contribution >= 0.6 is 0 Å². The van der Waals surface area contributed by atoms with Gasteiger partial charge in [0.15, 0.2) is 0 Å². The highest BCUT2D eigenvalue weighted by Gasteiger charge is 2.21. The van der Waals surface area contributed by atoms with Crippen LogP contribution in [0, 0.1) is 5.92 Å². The van der Waals surface area contributed by atoms with Crippen LogP contribution in [-0.4, -0.2) is 44.0 Å². The number of nitrogen functional groups attached to an aromatic ring is 1. The molecular formula is C15H23N3O3. The summed E-state index contributed by atoms with van der Waals surface area (Å²) in [6.07, 6.45) is 0. The topological polar surface area (TPSA) is 84.7 Å². The first kappa shape index (κ1) is 16.8. The van der Waals surface area contributed by atoms with E-state index in [1.165, 1.54) is 12.0 Å². The van der Waals surface area contributed by atoms with Gasteiger partial charge in [-0.3, -0.25) is 9.59 Å². The van der Waals surface area contributed by atoms with Crippen LogP contribution in [0.3, 0.4) is 0 Å². The van der Waals surface area contributed by atoms with Gasteiger partial charge in [0.25, 0.3) is 5.91 Å². The van der Waals surface area contributed by atoms with Crippen LogP contribution in [0.25, 0.3) is 0 Å². The third-order valence-corrected chi connectivity index (χ3v) is 2.93. The summed E-state index contributed by atoms with van der Waals surface area (Å²) in [5.74, 6) is 0.215. The number of carbonyl (C=O) groups is 2. The molecule has 0 bridgehead atoms. The average Bonchev–Trinajstić information content (AvgIpc) is 2.43. The van der Waals surface area contributed by atoms with Crippen molar-refractivity contribution in [3.05, 3.63) is 23.8 Å². The van der Waals surface area contributed by atoms with Crippen LogP contribution in [0.4, 0.5) is 5.69 Å². The van der Waals surface area contributed by atoms with Gasteiger partial charge >= 0.3 is 0 Å². The minimum absolute atomic E-state index is 0.0248. The predicted octanol–water partition coefficient (Wildman–Crippen LogP) is 1.12. The lowest BCUT2D eigenvalue weighted by molar-refractivity contribution is -0.121. The number of nitrogens with one attached hydrogen (secondary N) is 1. The molecule has 0 unspecified atom stereocenters. The molecule has 0 saturated carbocycles. The number of benzene rings is 1. The summed E-state index contributed by atoms with van der Waals surface area (Å²) in [6.45, 7) is 4.57. The fraction of sp³-hybridized carbons (Fsp3) is 0.467. The number of methoxy groups -OCH3 is 1. The van der Waals surface area contributed by atoms with Gasteiger partial charge in [-0.2, -0.15) is 0 Å². The second-order valence-electron chi connectivity index (χ2n) is 5.28. The maximum atomic E-state index is 12.4. The quantitative estimate of drug-likeness (QED) is 0.770. The van der Waals surface area contributed by atoms with E-state index in [1.54, 1.807) is 25.2 Å². The van der Waals surface area contributed by atoms with Gasteiger partial charge in [-0.25, -0.2) is 0 Å². The Hall–Kier alpha value is -2.24. The number of anilines is 1. The smallest absolute Gasteiger partial charge is 0.259 e. The molecular weight excluding hydrogens is 270 g/mol. The van der Waals surface area contributed by atoms with Gasteiger partial charge < -0.3 is 20.7 Å². The number of likely N-dealkylation sites (N-methyl/N-ethyl adjacent to an activating group) is 1. The van der Waals surface area contributed by atoms with Crippen LogP contribution in [-0.2, 0) is 4.79 Å². The van der Waals surface area contributed by atoms with Gasteiger partial charge in [0.05, 0.1) is 13.7 Å². The van der Waals surface area contributed by atoms with Crippen LogP contribution in [0.5, 0.6) is 5.75 Å². The second kappa shape index (κ2) is 7.52. The number of hydrogen-bond acceptors (Lipinski definition) is 4. The van der Waals surface area contributed by atoms with E-state index in [0.717, 1.165) is 0 Å². The van der Waals surface area contributed by atoms with E-state index in [-0.39, 0.29) is 23.9 Å². The molecule has 6 nitrogen and oxygen atoms in total. The molecule has 0 aliphatic rings. The Morgan fingerprint density at radius 2 is 2.05 bits per heavy atom. The van der Waals surface area contributed by atoms with Gasteiger partial charge in [-0.1, -0.05) is 19.9 Å². The molecule has 0 fully saturated rings. The zero-order chi connectivity index (χ0) is 16.0. The molecule has 1 rings (SSSR count). The van der Waals surface area contributed by atoms with E-state index >= 15 is 0 Å². The average molecular weight is 293 g/mol. The molecule has 116 valence electrons. The van der Waals surface area contributed by atoms with Crippen molar-refractivity contribution in [3.63, 3.8) is 0 Å². The summed E-state index contributed by atoms with van der Waals surface area (Å²) in [6, 6.07) is 5.00. The van der Waals surface area contributed by atoms with Gasteiger partial charge in [-0.05, 0) is 18.1 Å². The molecule has 0 saturated heterocycles. The fourth-order valence-electron chi connectivity index (χ4n) is 1.80. The third kappa shape index (κ3) is 4.66. The Bertz CT molecular complexity index is 515. The number of rotatable bonds is 6. The van der Waals surface area contributed by atoms with Gasteiger partial charge in [0, 0.05) is 19.3 Å². The maximum Gasteiger partial charge on any atom is 0.259 e. The summed E-state index contributed by atoms with van der Waals surface area (Å²) in [5.41, 5.74) is 6.44. The largest absolute Gasteiger partial charge is 0.496 e. The van der Waals surface area contributed by atoms with Gasteiger partial charge in [0.1, 0.15) is 11.3 Å². The first-order valence-corrected chi connectivity index (χ1v) is 6.81. The van der Waals surface area contributed by atoms with Crippen molar-refractivity contribution < 1.29 is 14.3 Å². The highest BCUT2D eigenvalue weighted by Crippen LogP contribution is 2.25. The minimum atomic E-state index is -0.343. The molecule has 0 aliphatic heterocycles. The number of carbonyl (C=O) groups excluding carboxylic acids is 2. The first-order chi connectivity index (χ1) is 9.86. The normalized spacial score (nSPS) is 10.3. The van der Waals surface area contributed by atoms with Crippen LogP contribution in [0.15, 0.2) is 18.2 Å². The van der Waals surface area contributed by atoms with Crippen LogP contribution in [0.2, 0.25) is 0 Å². The van der Waals surface area contributed by atoms with E-state index in [0.29, 0.717) is 23.9 Å². The van der Waals surface area contributed by atoms with E-state index in [1.807, 2.05) is 13.8 Å². The monoisotopic (exact) mass is 293 g/mol. The van der Waals surface area contributed by atoms with Crippen molar-refractivity contribution in [2.45, 2.75) is 13.8 Å². The lowest BCUT2D eigenvalue weighted by atomic mass is 10.1. The molecule has 1 aromatic carbocycles. The highest BCUT2D eigenvalue weighted by atomic mass is 16.5. The summed E-state index contributed by atoms with van der Waals surface area (Å²) >= 11 is 0. The van der Waals surface area contributed by atoms with E-state index in [4.69, 9.17) is 10.5 Å². The first-order valence-electron chi connectivity index (χ1n) is 6.81. The zero-order valence-electron chi connectivity index (χ0n) is 13.0. The van der Waals surface area contributed by atoms with E-state index in [9.17, 15) is 9.59 Å². The molecule has 3 N–H and O–H groups in total. The number of nitrogens with zero attached hydrogens (tertiary/aromatic N) is 1. The second-order valence-corrected chi connectivity index (χ2v) is 5.28. The molecule has 1 aromatic rings. The molecule has 0 spiro atoms. The number of hydrogen-bond donors (Lipinski definition) is 2. The van der Waals surface area contributed by atoms with Crippen molar-refractivity contribution in [1.82, 2.24) is 10.2 Å². The van der Waals surface area contributed by atoms with E-state index in [2.05, 4.69) is 5.32 Å². The predicted molar refractivity (Wildman–Crippen MR) is 82.2 cm³/mol. The third-order valence-electron chi connectivity index (χ3n) is 2.93. The Morgan fingerprint density at radius 1 is 1.38 bits per heavy atom. The molecule has 2 amide bonds. The zero-order valence-corrected chi connectivity index (χ0v) is 13.0. The summed E-state index contributed by atoms with van der Waals surface area (Å²) in [7, 11) is 3.03. The van der Waals surface area contributed by atoms with Crippen molar-refractivity contribution in [1.29, 1.82) is 0 Å².